The van der Waals surface area contributed by atoms with Crippen LogP contribution in [-0.2, 0) is 11.3 Å². The standard InChI is InChI=1S/C29H27Cl3N4O2/c1-17(2)27(34-28(37)23-13-12-21(31)14-25(23)32)29(38)35-33-15-24-18(3)36(26-7-5-4-6-22(24)26)16-19-8-10-20(30)11-9-19/h4-15,17,27H,16H2,1-3H3,(H,34,37)(H,35,38)/b33-15-. The number of carbonyl (C=O) groups is 2. The molecule has 38 heavy (non-hydrogen) atoms. The molecule has 0 fully saturated rings. The summed E-state index contributed by atoms with van der Waals surface area (Å²) < 4.78 is 2.20. The predicted molar refractivity (Wildman–Crippen MR) is 156 cm³/mol. The number of amides is 2. The molecule has 0 aliphatic rings. The van der Waals surface area contributed by atoms with Gasteiger partial charge >= 0.3 is 0 Å². The summed E-state index contributed by atoms with van der Waals surface area (Å²) in [5.41, 5.74) is 6.90. The Kier molecular flexibility index (Phi) is 8.77. The van der Waals surface area contributed by atoms with Crippen molar-refractivity contribution in [2.75, 3.05) is 0 Å². The maximum Gasteiger partial charge on any atom is 0.262 e. The van der Waals surface area contributed by atoms with Crippen LogP contribution in [-0.4, -0.2) is 28.6 Å². The first kappa shape index (κ1) is 27.7. The van der Waals surface area contributed by atoms with Gasteiger partial charge in [-0.1, -0.05) is 79.0 Å². The van der Waals surface area contributed by atoms with E-state index < -0.39 is 17.9 Å². The van der Waals surface area contributed by atoms with E-state index in [9.17, 15) is 9.59 Å². The number of carbonyl (C=O) groups excluding carboxylic acids is 2. The zero-order valence-corrected chi connectivity index (χ0v) is 23.4. The van der Waals surface area contributed by atoms with Crippen molar-refractivity contribution in [1.82, 2.24) is 15.3 Å². The van der Waals surface area contributed by atoms with E-state index in [1.165, 1.54) is 12.1 Å². The highest BCUT2D eigenvalue weighted by Crippen LogP contribution is 2.26. The number of halogens is 3. The number of nitrogens with one attached hydrogen (secondary N) is 2. The lowest BCUT2D eigenvalue weighted by Gasteiger charge is -2.20. The fraction of sp³-hybridized carbons (Fsp3) is 0.207. The van der Waals surface area contributed by atoms with Crippen molar-refractivity contribution in [2.45, 2.75) is 33.4 Å². The van der Waals surface area contributed by atoms with E-state index >= 15 is 0 Å². The van der Waals surface area contributed by atoms with Crippen LogP contribution in [0.4, 0.5) is 0 Å². The van der Waals surface area contributed by atoms with E-state index in [4.69, 9.17) is 34.8 Å². The zero-order valence-electron chi connectivity index (χ0n) is 21.1. The highest BCUT2D eigenvalue weighted by Gasteiger charge is 2.25. The predicted octanol–water partition coefficient (Wildman–Crippen LogP) is 6.86. The Morgan fingerprint density at radius 2 is 1.66 bits per heavy atom. The topological polar surface area (TPSA) is 75.5 Å². The second kappa shape index (κ2) is 12.0. The van der Waals surface area contributed by atoms with Crippen molar-refractivity contribution in [3.05, 3.63) is 104 Å². The highest BCUT2D eigenvalue weighted by molar-refractivity contribution is 6.36. The Morgan fingerprint density at radius 3 is 2.34 bits per heavy atom. The minimum atomic E-state index is -0.821. The first-order valence-corrected chi connectivity index (χ1v) is 13.2. The Hall–Kier alpha value is -3.32. The van der Waals surface area contributed by atoms with Crippen LogP contribution in [0, 0.1) is 12.8 Å². The lowest BCUT2D eigenvalue weighted by molar-refractivity contribution is -0.123. The normalized spacial score (nSPS) is 12.3. The van der Waals surface area contributed by atoms with Crippen LogP contribution >= 0.6 is 34.8 Å². The van der Waals surface area contributed by atoms with Gasteiger partial charge in [-0.3, -0.25) is 9.59 Å². The van der Waals surface area contributed by atoms with Gasteiger partial charge in [-0.25, -0.2) is 5.43 Å². The summed E-state index contributed by atoms with van der Waals surface area (Å²) in [7, 11) is 0. The molecular formula is C29H27Cl3N4O2. The molecule has 196 valence electrons. The SMILES string of the molecule is Cc1c(/C=N\NC(=O)C(NC(=O)c2ccc(Cl)cc2Cl)C(C)C)c2ccccc2n1Cc1ccc(Cl)cc1. The molecule has 1 unspecified atom stereocenters. The lowest BCUT2D eigenvalue weighted by Crippen LogP contribution is -2.48. The number of hydrogen-bond acceptors (Lipinski definition) is 3. The second-order valence-electron chi connectivity index (χ2n) is 9.28. The molecule has 2 amide bonds. The van der Waals surface area contributed by atoms with Crippen molar-refractivity contribution >= 4 is 63.7 Å². The van der Waals surface area contributed by atoms with Gasteiger partial charge in [0.1, 0.15) is 6.04 Å². The molecule has 9 heteroatoms. The van der Waals surface area contributed by atoms with E-state index in [-0.39, 0.29) is 16.5 Å². The molecule has 0 saturated heterocycles. The molecule has 6 nitrogen and oxygen atoms in total. The summed E-state index contributed by atoms with van der Waals surface area (Å²) in [5.74, 6) is -1.09. The Labute approximate surface area is 236 Å². The van der Waals surface area contributed by atoms with Crippen LogP contribution in [0.5, 0.6) is 0 Å². The molecule has 4 aromatic rings. The van der Waals surface area contributed by atoms with Gasteiger partial charge in [0, 0.05) is 38.8 Å². The molecule has 2 N–H and O–H groups in total. The van der Waals surface area contributed by atoms with Gasteiger partial charge in [-0.15, -0.1) is 0 Å². The Bertz CT molecular complexity index is 1510. The quantitative estimate of drug-likeness (QED) is 0.180. The lowest BCUT2D eigenvalue weighted by atomic mass is 10.0. The number of hydrazone groups is 1. The number of para-hydroxylation sites is 1. The van der Waals surface area contributed by atoms with Gasteiger partial charge in [0.05, 0.1) is 16.8 Å². The van der Waals surface area contributed by atoms with E-state index in [0.717, 1.165) is 27.7 Å². The molecular weight excluding hydrogens is 543 g/mol. The molecule has 1 heterocycles. The number of hydrogen-bond donors (Lipinski definition) is 2. The summed E-state index contributed by atoms with van der Waals surface area (Å²) in [6, 6.07) is 19.6. The van der Waals surface area contributed by atoms with Crippen LogP contribution in [0.3, 0.4) is 0 Å². The van der Waals surface area contributed by atoms with Crippen molar-refractivity contribution in [3.63, 3.8) is 0 Å². The molecule has 0 aliphatic carbocycles. The monoisotopic (exact) mass is 568 g/mol. The van der Waals surface area contributed by atoms with Crippen LogP contribution in [0.2, 0.25) is 15.1 Å². The molecule has 1 atom stereocenters. The second-order valence-corrected chi connectivity index (χ2v) is 10.6. The molecule has 0 bridgehead atoms. The number of fused-ring (bicyclic) bond motifs is 1. The summed E-state index contributed by atoms with van der Waals surface area (Å²) in [4.78, 5) is 25.8. The molecule has 1 aromatic heterocycles. The average molecular weight is 570 g/mol. The van der Waals surface area contributed by atoms with Crippen LogP contribution < -0.4 is 10.7 Å². The Balaban J connectivity index is 1.53. The molecule has 0 spiro atoms. The molecule has 0 aliphatic heterocycles. The van der Waals surface area contributed by atoms with Crippen molar-refractivity contribution in [3.8, 4) is 0 Å². The highest BCUT2D eigenvalue weighted by atomic mass is 35.5. The summed E-state index contributed by atoms with van der Waals surface area (Å²) in [6.45, 7) is 6.36. The van der Waals surface area contributed by atoms with Gasteiger partial charge in [-0.05, 0) is 54.8 Å². The third-order valence-corrected chi connectivity index (χ3v) is 7.11. The number of nitrogens with zero attached hydrogens (tertiary/aromatic N) is 2. The first-order valence-electron chi connectivity index (χ1n) is 12.1. The first-order chi connectivity index (χ1) is 18.2. The maximum atomic E-state index is 13.0. The van der Waals surface area contributed by atoms with Gasteiger partial charge in [0.15, 0.2) is 0 Å². The third kappa shape index (κ3) is 6.21. The van der Waals surface area contributed by atoms with Gasteiger partial charge in [0.2, 0.25) is 0 Å². The van der Waals surface area contributed by atoms with E-state index in [1.807, 2.05) is 63.2 Å². The van der Waals surface area contributed by atoms with Crippen molar-refractivity contribution < 1.29 is 9.59 Å². The van der Waals surface area contributed by atoms with Gasteiger partial charge in [-0.2, -0.15) is 5.10 Å². The summed E-state index contributed by atoms with van der Waals surface area (Å²) in [5, 5.41) is 9.34. The number of aromatic nitrogens is 1. The van der Waals surface area contributed by atoms with Gasteiger partial charge in [0.25, 0.3) is 11.8 Å². The van der Waals surface area contributed by atoms with E-state index in [2.05, 4.69) is 26.5 Å². The zero-order chi connectivity index (χ0) is 27.4. The molecule has 3 aromatic carbocycles. The average Bonchev–Trinajstić information content (AvgIpc) is 3.14. The maximum absolute atomic E-state index is 13.0. The fourth-order valence-corrected chi connectivity index (χ4v) is 4.87. The number of benzene rings is 3. The molecule has 0 radical (unpaired) electrons. The smallest absolute Gasteiger partial charge is 0.262 e. The summed E-state index contributed by atoms with van der Waals surface area (Å²) in [6.07, 6.45) is 1.64. The minimum Gasteiger partial charge on any atom is -0.340 e. The largest absolute Gasteiger partial charge is 0.340 e. The summed E-state index contributed by atoms with van der Waals surface area (Å²) >= 11 is 18.1. The van der Waals surface area contributed by atoms with Crippen LogP contribution in [0.1, 0.15) is 41.0 Å². The van der Waals surface area contributed by atoms with E-state index in [0.29, 0.717) is 16.6 Å². The minimum absolute atomic E-state index is 0.191. The third-order valence-electron chi connectivity index (χ3n) is 6.31. The Morgan fingerprint density at radius 1 is 0.974 bits per heavy atom. The van der Waals surface area contributed by atoms with Gasteiger partial charge < -0.3 is 9.88 Å². The van der Waals surface area contributed by atoms with Crippen molar-refractivity contribution in [1.29, 1.82) is 0 Å². The van der Waals surface area contributed by atoms with Crippen LogP contribution in [0.15, 0.2) is 71.8 Å². The fourth-order valence-electron chi connectivity index (χ4n) is 4.25. The number of rotatable bonds is 8. The molecule has 0 saturated carbocycles. The van der Waals surface area contributed by atoms with Crippen molar-refractivity contribution in [2.24, 2.45) is 11.0 Å². The molecule has 4 rings (SSSR count). The van der Waals surface area contributed by atoms with Crippen LogP contribution in [0.25, 0.3) is 10.9 Å². The van der Waals surface area contributed by atoms with E-state index in [1.54, 1.807) is 12.3 Å².